The highest BCUT2D eigenvalue weighted by atomic mass is 16.3. The first-order valence-corrected chi connectivity index (χ1v) is 6.74. The monoisotopic (exact) mass is 255 g/mol. The normalized spacial score (nSPS) is 12.2. The molecule has 0 heterocycles. The van der Waals surface area contributed by atoms with Crippen molar-refractivity contribution in [2.75, 3.05) is 11.4 Å². The van der Waals surface area contributed by atoms with Gasteiger partial charge in [-0.1, -0.05) is 24.3 Å². The Morgan fingerprint density at radius 2 is 1.79 bits per heavy atom. The molecule has 2 aromatic rings. The van der Waals surface area contributed by atoms with E-state index in [-0.39, 0.29) is 6.04 Å². The number of aromatic hydroxyl groups is 1. The van der Waals surface area contributed by atoms with E-state index >= 15 is 0 Å². The van der Waals surface area contributed by atoms with E-state index in [0.29, 0.717) is 5.75 Å². The number of benzene rings is 2. The zero-order valence-corrected chi connectivity index (χ0v) is 11.8. The van der Waals surface area contributed by atoms with Crippen LogP contribution in [0.2, 0.25) is 0 Å². The lowest BCUT2D eigenvalue weighted by atomic mass is 10.1. The van der Waals surface area contributed by atoms with Crippen LogP contribution < -0.4 is 4.90 Å². The molecule has 2 rings (SSSR count). The van der Waals surface area contributed by atoms with Gasteiger partial charge in [0.15, 0.2) is 0 Å². The van der Waals surface area contributed by atoms with E-state index in [1.54, 1.807) is 12.1 Å². The number of aryl methyl sites for hydroxylation is 1. The highest BCUT2D eigenvalue weighted by Crippen LogP contribution is 2.28. The third-order valence-electron chi connectivity index (χ3n) is 3.52. The molecule has 0 saturated heterocycles. The minimum absolute atomic E-state index is 0.285. The van der Waals surface area contributed by atoms with Crippen LogP contribution in [-0.2, 0) is 0 Å². The van der Waals surface area contributed by atoms with Crippen LogP contribution in [0.5, 0.6) is 5.75 Å². The first-order chi connectivity index (χ1) is 9.11. The topological polar surface area (TPSA) is 23.5 Å². The molecule has 0 fully saturated rings. The maximum atomic E-state index is 9.37. The van der Waals surface area contributed by atoms with Crippen LogP contribution in [-0.4, -0.2) is 11.7 Å². The molecular weight excluding hydrogens is 234 g/mol. The van der Waals surface area contributed by atoms with Gasteiger partial charge in [0.05, 0.1) is 6.04 Å². The van der Waals surface area contributed by atoms with Crippen molar-refractivity contribution in [3.05, 3.63) is 59.7 Å². The molecule has 0 aromatic heterocycles. The van der Waals surface area contributed by atoms with Gasteiger partial charge in [-0.3, -0.25) is 0 Å². The van der Waals surface area contributed by atoms with E-state index in [0.717, 1.165) is 6.54 Å². The Morgan fingerprint density at radius 1 is 1.11 bits per heavy atom. The fraction of sp³-hybridized carbons (Fsp3) is 0.294. The molecule has 0 aliphatic carbocycles. The Balaban J connectivity index is 2.28. The number of hydrogen-bond acceptors (Lipinski definition) is 2. The van der Waals surface area contributed by atoms with Gasteiger partial charge in [0.25, 0.3) is 0 Å². The van der Waals surface area contributed by atoms with E-state index < -0.39 is 0 Å². The van der Waals surface area contributed by atoms with Crippen molar-refractivity contribution in [2.45, 2.75) is 26.8 Å². The summed E-state index contributed by atoms with van der Waals surface area (Å²) in [4.78, 5) is 2.36. The van der Waals surface area contributed by atoms with Crippen LogP contribution in [0.15, 0.2) is 48.5 Å². The molecule has 0 spiro atoms. The molecular formula is C17H21NO. The second kappa shape index (κ2) is 5.79. The van der Waals surface area contributed by atoms with Crippen molar-refractivity contribution in [1.29, 1.82) is 0 Å². The Labute approximate surface area is 115 Å². The highest BCUT2D eigenvalue weighted by molar-refractivity contribution is 5.50. The summed E-state index contributed by atoms with van der Waals surface area (Å²) in [7, 11) is 0. The zero-order valence-electron chi connectivity index (χ0n) is 11.8. The van der Waals surface area contributed by atoms with Crippen LogP contribution in [0.25, 0.3) is 0 Å². The summed E-state index contributed by atoms with van der Waals surface area (Å²) >= 11 is 0. The second-order valence-corrected chi connectivity index (χ2v) is 4.89. The maximum absolute atomic E-state index is 9.37. The van der Waals surface area contributed by atoms with E-state index in [9.17, 15) is 5.11 Å². The van der Waals surface area contributed by atoms with Gasteiger partial charge in [0.2, 0.25) is 0 Å². The van der Waals surface area contributed by atoms with Crippen LogP contribution in [0.1, 0.15) is 31.0 Å². The quantitative estimate of drug-likeness (QED) is 0.881. The minimum atomic E-state index is 0.285. The highest BCUT2D eigenvalue weighted by Gasteiger charge is 2.14. The van der Waals surface area contributed by atoms with Gasteiger partial charge in [-0.05, 0) is 56.2 Å². The summed E-state index contributed by atoms with van der Waals surface area (Å²) in [5.74, 6) is 0.314. The van der Waals surface area contributed by atoms with Crippen LogP contribution in [0.3, 0.4) is 0 Å². The summed E-state index contributed by atoms with van der Waals surface area (Å²) in [5.41, 5.74) is 3.72. The zero-order chi connectivity index (χ0) is 13.8. The minimum Gasteiger partial charge on any atom is -0.508 e. The SMILES string of the molecule is CCN(c1cccc(C)c1)C(C)c1ccc(O)cc1. The fourth-order valence-electron chi connectivity index (χ4n) is 2.42. The number of hydrogen-bond donors (Lipinski definition) is 1. The Hall–Kier alpha value is -1.96. The molecule has 19 heavy (non-hydrogen) atoms. The lowest BCUT2D eigenvalue weighted by Crippen LogP contribution is -2.26. The van der Waals surface area contributed by atoms with Crippen molar-refractivity contribution >= 4 is 5.69 Å². The first-order valence-electron chi connectivity index (χ1n) is 6.74. The number of phenolic OH excluding ortho intramolecular Hbond substituents is 1. The number of nitrogens with zero attached hydrogens (tertiary/aromatic N) is 1. The van der Waals surface area contributed by atoms with Crippen molar-refractivity contribution in [3.8, 4) is 5.75 Å². The molecule has 0 saturated carbocycles. The predicted octanol–water partition coefficient (Wildman–Crippen LogP) is 4.29. The molecule has 1 atom stereocenters. The van der Waals surface area contributed by atoms with Crippen LogP contribution in [0.4, 0.5) is 5.69 Å². The van der Waals surface area contributed by atoms with Gasteiger partial charge in [-0.2, -0.15) is 0 Å². The molecule has 0 aliphatic heterocycles. The molecule has 0 bridgehead atoms. The summed E-state index contributed by atoms with van der Waals surface area (Å²) in [6.45, 7) is 7.42. The Kier molecular flexibility index (Phi) is 4.10. The lowest BCUT2D eigenvalue weighted by molar-refractivity contribution is 0.475. The van der Waals surface area contributed by atoms with Crippen molar-refractivity contribution in [1.82, 2.24) is 0 Å². The Morgan fingerprint density at radius 3 is 2.37 bits per heavy atom. The van der Waals surface area contributed by atoms with Crippen LogP contribution in [0, 0.1) is 6.92 Å². The molecule has 0 aliphatic rings. The fourth-order valence-corrected chi connectivity index (χ4v) is 2.42. The van der Waals surface area contributed by atoms with Gasteiger partial charge >= 0.3 is 0 Å². The largest absolute Gasteiger partial charge is 0.508 e. The van der Waals surface area contributed by atoms with Gasteiger partial charge in [0.1, 0.15) is 5.75 Å². The average Bonchev–Trinajstić information content (AvgIpc) is 2.40. The van der Waals surface area contributed by atoms with E-state index in [1.807, 2.05) is 12.1 Å². The van der Waals surface area contributed by atoms with E-state index in [2.05, 4.69) is 49.9 Å². The van der Waals surface area contributed by atoms with E-state index in [4.69, 9.17) is 0 Å². The first kappa shape index (κ1) is 13.5. The summed E-state index contributed by atoms with van der Waals surface area (Å²) in [5, 5.41) is 9.37. The molecule has 2 heteroatoms. The molecule has 0 amide bonds. The maximum Gasteiger partial charge on any atom is 0.115 e. The molecule has 100 valence electrons. The Bertz CT molecular complexity index is 533. The van der Waals surface area contributed by atoms with Gasteiger partial charge in [0, 0.05) is 12.2 Å². The molecule has 1 unspecified atom stereocenters. The van der Waals surface area contributed by atoms with Crippen LogP contribution >= 0.6 is 0 Å². The summed E-state index contributed by atoms with van der Waals surface area (Å²) < 4.78 is 0. The van der Waals surface area contributed by atoms with Gasteiger partial charge < -0.3 is 10.0 Å². The van der Waals surface area contributed by atoms with Crippen molar-refractivity contribution in [3.63, 3.8) is 0 Å². The third kappa shape index (κ3) is 3.08. The summed E-state index contributed by atoms with van der Waals surface area (Å²) in [6.07, 6.45) is 0. The van der Waals surface area contributed by atoms with Gasteiger partial charge in [-0.15, -0.1) is 0 Å². The lowest BCUT2D eigenvalue weighted by Gasteiger charge is -2.31. The standard InChI is InChI=1S/C17H21NO/c1-4-18(16-7-5-6-13(2)12-16)14(3)15-8-10-17(19)11-9-15/h5-12,14,19H,4H2,1-3H3. The third-order valence-corrected chi connectivity index (χ3v) is 3.52. The van der Waals surface area contributed by atoms with Crippen molar-refractivity contribution in [2.24, 2.45) is 0 Å². The number of anilines is 1. The average molecular weight is 255 g/mol. The molecule has 2 nitrogen and oxygen atoms in total. The predicted molar refractivity (Wildman–Crippen MR) is 80.7 cm³/mol. The summed E-state index contributed by atoms with van der Waals surface area (Å²) in [6, 6.07) is 16.3. The van der Waals surface area contributed by atoms with Gasteiger partial charge in [-0.25, -0.2) is 0 Å². The number of phenols is 1. The number of rotatable bonds is 4. The van der Waals surface area contributed by atoms with E-state index in [1.165, 1.54) is 16.8 Å². The molecule has 2 aromatic carbocycles. The molecule has 0 radical (unpaired) electrons. The van der Waals surface area contributed by atoms with Crippen molar-refractivity contribution < 1.29 is 5.11 Å². The molecule has 1 N–H and O–H groups in total. The smallest absolute Gasteiger partial charge is 0.115 e. The second-order valence-electron chi connectivity index (χ2n) is 4.89.